The number of benzene rings is 2. The van der Waals surface area contributed by atoms with Gasteiger partial charge in [-0.2, -0.15) is 0 Å². The molecule has 0 aromatic heterocycles. The maximum atomic E-state index is 6.47. The van der Waals surface area contributed by atoms with Crippen molar-refractivity contribution in [2.24, 2.45) is 0 Å². The van der Waals surface area contributed by atoms with E-state index >= 15 is 0 Å². The molecule has 1 fully saturated rings. The van der Waals surface area contributed by atoms with Gasteiger partial charge in [-0.15, -0.1) is 0 Å². The van der Waals surface area contributed by atoms with Crippen LogP contribution in [0.3, 0.4) is 0 Å². The van der Waals surface area contributed by atoms with Gasteiger partial charge in [0.15, 0.2) is 0 Å². The minimum absolute atomic E-state index is 0.161. The summed E-state index contributed by atoms with van der Waals surface area (Å²) in [6.07, 6.45) is 4.53. The Balaban J connectivity index is 1.73. The zero-order valence-corrected chi connectivity index (χ0v) is 20.0. The lowest BCUT2D eigenvalue weighted by Crippen LogP contribution is -2.41. The standard InChI is InChI=1S/C27H39BO2/c1-25(2,3)23-19-17-22(18-20-23)24(28-29-26(4,5)27(6,7)30-28)16-12-11-15-21-13-9-8-10-14-21/h8-10,13-14,17-20,24H,11-12,15-16H2,1-7H3. The molecular formula is C27H39BO2. The molecule has 162 valence electrons. The molecule has 1 unspecified atom stereocenters. The van der Waals surface area contributed by atoms with Crippen LogP contribution in [0.5, 0.6) is 0 Å². The molecule has 1 heterocycles. The second kappa shape index (κ2) is 8.89. The first-order chi connectivity index (χ1) is 14.0. The van der Waals surface area contributed by atoms with Gasteiger partial charge in [0.1, 0.15) is 0 Å². The van der Waals surface area contributed by atoms with Crippen LogP contribution < -0.4 is 0 Å². The highest BCUT2D eigenvalue weighted by atomic mass is 16.7. The summed E-state index contributed by atoms with van der Waals surface area (Å²) in [5.41, 5.74) is 3.66. The predicted octanol–water partition coefficient (Wildman–Crippen LogP) is 7.11. The Hall–Kier alpha value is -1.58. The Kier molecular flexibility index (Phi) is 6.84. The summed E-state index contributed by atoms with van der Waals surface area (Å²) in [6, 6.07) is 19.9. The lowest BCUT2D eigenvalue weighted by Gasteiger charge is -2.32. The zero-order chi connectivity index (χ0) is 22.0. The summed E-state index contributed by atoms with van der Waals surface area (Å²) >= 11 is 0. The first-order valence-electron chi connectivity index (χ1n) is 11.5. The van der Waals surface area contributed by atoms with Crippen LogP contribution in [0.2, 0.25) is 0 Å². The number of rotatable bonds is 7. The van der Waals surface area contributed by atoms with Gasteiger partial charge in [-0.3, -0.25) is 0 Å². The molecule has 0 aliphatic carbocycles. The molecule has 3 heteroatoms. The van der Waals surface area contributed by atoms with Crippen molar-refractivity contribution < 1.29 is 9.31 Å². The van der Waals surface area contributed by atoms with Gasteiger partial charge in [0.2, 0.25) is 0 Å². The van der Waals surface area contributed by atoms with Crippen molar-refractivity contribution in [1.29, 1.82) is 0 Å². The summed E-state index contributed by atoms with van der Waals surface area (Å²) < 4.78 is 12.9. The molecule has 0 spiro atoms. The molecule has 3 rings (SSSR count). The van der Waals surface area contributed by atoms with Gasteiger partial charge in [-0.1, -0.05) is 81.8 Å². The zero-order valence-electron chi connectivity index (χ0n) is 20.0. The third-order valence-corrected chi connectivity index (χ3v) is 6.88. The van der Waals surface area contributed by atoms with Crippen LogP contribution in [0.1, 0.15) is 90.2 Å². The molecule has 0 radical (unpaired) electrons. The van der Waals surface area contributed by atoms with Crippen molar-refractivity contribution >= 4 is 7.12 Å². The van der Waals surface area contributed by atoms with Gasteiger partial charge in [0.05, 0.1) is 11.2 Å². The lowest BCUT2D eigenvalue weighted by atomic mass is 9.65. The maximum absolute atomic E-state index is 6.47. The lowest BCUT2D eigenvalue weighted by molar-refractivity contribution is 0.00578. The van der Waals surface area contributed by atoms with Gasteiger partial charge in [0, 0.05) is 5.82 Å². The van der Waals surface area contributed by atoms with Crippen molar-refractivity contribution in [3.05, 3.63) is 71.3 Å². The number of hydrogen-bond acceptors (Lipinski definition) is 2. The smallest absolute Gasteiger partial charge is 0.403 e. The average molecular weight is 406 g/mol. The Labute approximate surface area is 184 Å². The summed E-state index contributed by atoms with van der Waals surface area (Å²) in [5.74, 6) is 0.246. The van der Waals surface area contributed by atoms with E-state index in [1.165, 1.54) is 23.1 Å². The first kappa shape index (κ1) is 23.1. The van der Waals surface area contributed by atoms with Gasteiger partial charge < -0.3 is 9.31 Å². The molecule has 30 heavy (non-hydrogen) atoms. The fourth-order valence-corrected chi connectivity index (χ4v) is 4.08. The summed E-state index contributed by atoms with van der Waals surface area (Å²) in [5, 5.41) is 0. The predicted molar refractivity (Wildman–Crippen MR) is 128 cm³/mol. The van der Waals surface area contributed by atoms with Gasteiger partial charge in [-0.05, 0) is 69.1 Å². The molecule has 0 amide bonds. The van der Waals surface area contributed by atoms with Crippen LogP contribution >= 0.6 is 0 Å². The highest BCUT2D eigenvalue weighted by Crippen LogP contribution is 2.42. The van der Waals surface area contributed by atoms with Crippen molar-refractivity contribution in [2.45, 2.75) is 96.6 Å². The normalized spacial score (nSPS) is 19.1. The Morgan fingerprint density at radius 2 is 1.37 bits per heavy atom. The monoisotopic (exact) mass is 406 g/mol. The van der Waals surface area contributed by atoms with Crippen molar-refractivity contribution in [2.75, 3.05) is 0 Å². The average Bonchev–Trinajstić information content (AvgIpc) is 2.89. The van der Waals surface area contributed by atoms with E-state index in [4.69, 9.17) is 9.31 Å². The third-order valence-electron chi connectivity index (χ3n) is 6.88. The fraction of sp³-hybridized carbons (Fsp3) is 0.556. The Bertz CT molecular complexity index is 787. The quantitative estimate of drug-likeness (QED) is 0.360. The Morgan fingerprint density at radius 3 is 1.90 bits per heavy atom. The van der Waals surface area contributed by atoms with Crippen molar-refractivity contribution in [3.63, 3.8) is 0 Å². The second-order valence-corrected chi connectivity index (χ2v) is 10.8. The Morgan fingerprint density at radius 1 is 0.800 bits per heavy atom. The van der Waals surface area contributed by atoms with Crippen LogP contribution in [0.25, 0.3) is 0 Å². The molecule has 0 bridgehead atoms. The number of aryl methyl sites for hydroxylation is 1. The van der Waals surface area contributed by atoms with E-state index in [0.717, 1.165) is 19.3 Å². The summed E-state index contributed by atoms with van der Waals surface area (Å²) in [6.45, 7) is 15.3. The minimum Gasteiger partial charge on any atom is -0.403 e. The second-order valence-electron chi connectivity index (χ2n) is 10.8. The van der Waals surface area contributed by atoms with E-state index in [0.29, 0.717) is 0 Å². The van der Waals surface area contributed by atoms with Crippen LogP contribution in [0, 0.1) is 0 Å². The minimum atomic E-state index is -0.300. The van der Waals surface area contributed by atoms with Gasteiger partial charge >= 0.3 is 7.12 Å². The van der Waals surface area contributed by atoms with E-state index in [1.807, 2.05) is 0 Å². The van der Waals surface area contributed by atoms with E-state index in [1.54, 1.807) is 0 Å². The topological polar surface area (TPSA) is 18.5 Å². The highest BCUT2D eigenvalue weighted by Gasteiger charge is 2.53. The number of unbranched alkanes of at least 4 members (excludes halogenated alkanes) is 1. The van der Waals surface area contributed by atoms with Crippen LogP contribution in [-0.4, -0.2) is 18.3 Å². The van der Waals surface area contributed by atoms with Crippen LogP contribution in [0.15, 0.2) is 54.6 Å². The first-order valence-corrected chi connectivity index (χ1v) is 11.5. The molecule has 1 aliphatic heterocycles. The maximum Gasteiger partial charge on any atom is 0.465 e. The molecule has 0 saturated carbocycles. The van der Waals surface area contributed by atoms with Crippen molar-refractivity contribution in [3.8, 4) is 0 Å². The molecule has 1 saturated heterocycles. The SMILES string of the molecule is CC(C)(C)c1ccc(C(CCCCc2ccccc2)B2OC(C)(C)C(C)(C)O2)cc1. The molecule has 0 N–H and O–H groups in total. The van der Waals surface area contributed by atoms with E-state index in [2.05, 4.69) is 103 Å². The largest absolute Gasteiger partial charge is 0.465 e. The molecular weight excluding hydrogens is 367 g/mol. The fourth-order valence-electron chi connectivity index (χ4n) is 4.08. The van der Waals surface area contributed by atoms with E-state index in [-0.39, 0.29) is 29.6 Å². The van der Waals surface area contributed by atoms with E-state index in [9.17, 15) is 0 Å². The molecule has 2 aromatic rings. The summed E-state index contributed by atoms with van der Waals surface area (Å²) in [4.78, 5) is 0. The molecule has 1 aliphatic rings. The van der Waals surface area contributed by atoms with E-state index < -0.39 is 0 Å². The number of hydrogen-bond donors (Lipinski definition) is 0. The van der Waals surface area contributed by atoms with Crippen LogP contribution in [-0.2, 0) is 21.1 Å². The van der Waals surface area contributed by atoms with Crippen molar-refractivity contribution in [1.82, 2.24) is 0 Å². The highest BCUT2D eigenvalue weighted by molar-refractivity contribution is 6.47. The molecule has 2 aromatic carbocycles. The van der Waals surface area contributed by atoms with Gasteiger partial charge in [-0.25, -0.2) is 0 Å². The molecule has 2 nitrogen and oxygen atoms in total. The third kappa shape index (κ3) is 5.37. The van der Waals surface area contributed by atoms with Crippen LogP contribution in [0.4, 0.5) is 0 Å². The molecule has 1 atom stereocenters. The van der Waals surface area contributed by atoms with Gasteiger partial charge in [0.25, 0.3) is 0 Å². The summed E-state index contributed by atoms with van der Waals surface area (Å²) in [7, 11) is -0.202.